The fraction of sp³-hybridized carbons (Fsp3) is 0.222. The second-order valence-corrected chi connectivity index (χ2v) is 8.01. The first-order valence-corrected chi connectivity index (χ1v) is 9.41. The van der Waals surface area contributed by atoms with Crippen LogP contribution in [0.5, 0.6) is 0 Å². The number of carbonyl (C=O) groups excluding carboxylic acids is 1. The molecule has 2 amide bonds. The van der Waals surface area contributed by atoms with E-state index >= 15 is 0 Å². The van der Waals surface area contributed by atoms with Crippen LogP contribution in [0, 0.1) is 6.92 Å². The summed E-state index contributed by atoms with van der Waals surface area (Å²) in [6.45, 7) is 4.73. The monoisotopic (exact) mass is 393 g/mol. The van der Waals surface area contributed by atoms with Crippen molar-refractivity contribution < 1.29 is 4.79 Å². The van der Waals surface area contributed by atoms with Gasteiger partial charge in [0.1, 0.15) is 0 Å². The van der Waals surface area contributed by atoms with Crippen LogP contribution in [0.2, 0.25) is 10.0 Å². The van der Waals surface area contributed by atoms with Gasteiger partial charge in [0.25, 0.3) is 0 Å². The number of hydrogen-bond acceptors (Lipinski definition) is 3. The topological polar surface area (TPSA) is 44.7 Å². The van der Waals surface area contributed by atoms with E-state index in [1.165, 1.54) is 0 Å². The normalized spacial score (nSPS) is 16.5. The van der Waals surface area contributed by atoms with Crippen LogP contribution >= 0.6 is 35.0 Å². The Morgan fingerprint density at radius 2 is 2.04 bits per heavy atom. The summed E-state index contributed by atoms with van der Waals surface area (Å²) in [4.78, 5) is 19.0. The van der Waals surface area contributed by atoms with E-state index in [-0.39, 0.29) is 6.03 Å². The third kappa shape index (κ3) is 4.29. The quantitative estimate of drug-likeness (QED) is 0.696. The fourth-order valence-electron chi connectivity index (χ4n) is 2.43. The number of aryl methyl sites for hydroxylation is 1. The Kier molecular flexibility index (Phi) is 5.57. The Hall–Kier alpha value is -1.69. The molecule has 1 aliphatic rings. The summed E-state index contributed by atoms with van der Waals surface area (Å²) in [5.74, 6) is 0. The summed E-state index contributed by atoms with van der Waals surface area (Å²) in [6.07, 6.45) is 0. The Morgan fingerprint density at radius 3 is 2.68 bits per heavy atom. The summed E-state index contributed by atoms with van der Waals surface area (Å²) in [5, 5.41) is 4.74. The van der Waals surface area contributed by atoms with Crippen LogP contribution in [0.4, 0.5) is 16.2 Å². The third-order valence-corrected chi connectivity index (χ3v) is 5.43. The zero-order chi connectivity index (χ0) is 18.0. The van der Waals surface area contributed by atoms with Crippen molar-refractivity contribution >= 4 is 57.5 Å². The molecule has 1 atom stereocenters. The minimum absolute atomic E-state index is 0.288. The van der Waals surface area contributed by atoms with Gasteiger partial charge in [0.15, 0.2) is 5.17 Å². The second-order valence-electron chi connectivity index (χ2n) is 5.79. The van der Waals surface area contributed by atoms with Crippen molar-refractivity contribution in [1.29, 1.82) is 0 Å². The fourth-order valence-corrected chi connectivity index (χ4v) is 3.67. The van der Waals surface area contributed by atoms with Gasteiger partial charge in [-0.3, -0.25) is 4.99 Å². The maximum Gasteiger partial charge on any atom is 0.332 e. The lowest BCUT2D eigenvalue weighted by Gasteiger charge is -2.23. The van der Waals surface area contributed by atoms with Crippen LogP contribution in [0.3, 0.4) is 0 Å². The van der Waals surface area contributed by atoms with Crippen molar-refractivity contribution in [2.24, 2.45) is 4.99 Å². The molecule has 130 valence electrons. The summed E-state index contributed by atoms with van der Waals surface area (Å²) in [5.41, 5.74) is 2.42. The lowest BCUT2D eigenvalue weighted by molar-refractivity contribution is 0.259. The molecular formula is C18H17Cl2N3OS. The van der Waals surface area contributed by atoms with Crippen LogP contribution in [-0.2, 0) is 0 Å². The van der Waals surface area contributed by atoms with E-state index < -0.39 is 0 Å². The van der Waals surface area contributed by atoms with E-state index in [4.69, 9.17) is 23.2 Å². The Labute approximate surface area is 161 Å². The largest absolute Gasteiger partial charge is 0.332 e. The predicted molar refractivity (Wildman–Crippen MR) is 108 cm³/mol. The summed E-state index contributed by atoms with van der Waals surface area (Å²) >= 11 is 13.7. The first kappa shape index (κ1) is 18.1. The number of nitrogens with one attached hydrogen (secondary N) is 1. The smallest absolute Gasteiger partial charge is 0.307 e. The summed E-state index contributed by atoms with van der Waals surface area (Å²) in [7, 11) is 0. The standard InChI is InChI=1S/C18H17Cl2N3OS/c1-11-4-3-5-13(8-11)22-17(24)23(18-21-10-12(2)25-18)14-6-7-15(19)16(20)9-14/h3-9,12H,10H2,1-2H3,(H,22,24)/t12-/m0/s1. The van der Waals surface area contributed by atoms with Gasteiger partial charge in [-0.05, 0) is 42.8 Å². The van der Waals surface area contributed by atoms with Crippen molar-refractivity contribution in [2.75, 3.05) is 16.8 Å². The molecule has 1 N–H and O–H groups in total. The SMILES string of the molecule is Cc1cccc(NC(=O)N(C2=NC[C@H](C)S2)c2ccc(Cl)c(Cl)c2)c1. The molecule has 0 saturated carbocycles. The van der Waals surface area contributed by atoms with Crippen LogP contribution in [0.1, 0.15) is 12.5 Å². The van der Waals surface area contributed by atoms with Crippen LogP contribution in [0.15, 0.2) is 47.5 Å². The van der Waals surface area contributed by atoms with Gasteiger partial charge in [0, 0.05) is 10.9 Å². The Morgan fingerprint density at radius 1 is 1.24 bits per heavy atom. The Balaban J connectivity index is 1.93. The van der Waals surface area contributed by atoms with Crippen molar-refractivity contribution in [2.45, 2.75) is 19.1 Å². The molecule has 4 nitrogen and oxygen atoms in total. The minimum Gasteiger partial charge on any atom is -0.307 e. The number of nitrogens with zero attached hydrogens (tertiary/aromatic N) is 2. The molecule has 1 aliphatic heterocycles. The highest BCUT2D eigenvalue weighted by molar-refractivity contribution is 8.15. The molecule has 0 fully saturated rings. The minimum atomic E-state index is -0.288. The number of urea groups is 1. The Bertz CT molecular complexity index is 841. The highest BCUT2D eigenvalue weighted by atomic mass is 35.5. The van der Waals surface area contributed by atoms with Gasteiger partial charge in [0.2, 0.25) is 0 Å². The molecule has 0 radical (unpaired) electrons. The number of anilines is 2. The molecular weight excluding hydrogens is 377 g/mol. The highest BCUT2D eigenvalue weighted by Gasteiger charge is 2.28. The average molecular weight is 394 g/mol. The molecule has 25 heavy (non-hydrogen) atoms. The van der Waals surface area contributed by atoms with Crippen molar-refractivity contribution in [3.8, 4) is 0 Å². The second kappa shape index (κ2) is 7.68. The van der Waals surface area contributed by atoms with Crippen LogP contribution in [-0.4, -0.2) is 23.0 Å². The summed E-state index contributed by atoms with van der Waals surface area (Å²) < 4.78 is 0. The molecule has 0 aliphatic carbocycles. The number of rotatable bonds is 2. The maximum absolute atomic E-state index is 13.0. The van der Waals surface area contributed by atoms with Gasteiger partial charge in [-0.25, -0.2) is 9.69 Å². The number of halogens is 2. The van der Waals surface area contributed by atoms with Crippen molar-refractivity contribution in [3.63, 3.8) is 0 Å². The van der Waals surface area contributed by atoms with E-state index in [0.29, 0.717) is 32.7 Å². The first-order valence-electron chi connectivity index (χ1n) is 7.78. The molecule has 3 rings (SSSR count). The molecule has 0 bridgehead atoms. The molecule has 0 aromatic heterocycles. The zero-order valence-corrected chi connectivity index (χ0v) is 16.1. The van der Waals surface area contributed by atoms with Gasteiger partial charge in [-0.15, -0.1) is 0 Å². The van der Waals surface area contributed by atoms with E-state index in [2.05, 4.69) is 17.2 Å². The number of aliphatic imine (C=N–C) groups is 1. The van der Waals surface area contributed by atoms with Crippen LogP contribution < -0.4 is 10.2 Å². The van der Waals surface area contributed by atoms with Gasteiger partial charge in [0.05, 0.1) is 22.3 Å². The van der Waals surface area contributed by atoms with E-state index in [9.17, 15) is 4.79 Å². The number of amides is 2. The van der Waals surface area contributed by atoms with Gasteiger partial charge >= 0.3 is 6.03 Å². The lowest BCUT2D eigenvalue weighted by Crippen LogP contribution is -2.38. The third-order valence-electron chi connectivity index (χ3n) is 3.62. The van der Waals surface area contributed by atoms with E-state index in [1.54, 1.807) is 34.9 Å². The summed E-state index contributed by atoms with van der Waals surface area (Å²) in [6, 6.07) is 12.5. The van der Waals surface area contributed by atoms with Crippen molar-refractivity contribution in [1.82, 2.24) is 0 Å². The molecule has 7 heteroatoms. The van der Waals surface area contributed by atoms with E-state index in [0.717, 1.165) is 11.3 Å². The predicted octanol–water partition coefficient (Wildman–Crippen LogP) is 5.83. The van der Waals surface area contributed by atoms with Gasteiger partial charge in [-0.2, -0.15) is 0 Å². The zero-order valence-electron chi connectivity index (χ0n) is 13.8. The number of hydrogen-bond donors (Lipinski definition) is 1. The lowest BCUT2D eigenvalue weighted by atomic mass is 10.2. The maximum atomic E-state index is 13.0. The first-order chi connectivity index (χ1) is 11.9. The number of benzene rings is 2. The van der Waals surface area contributed by atoms with Gasteiger partial charge < -0.3 is 5.32 Å². The molecule has 0 spiro atoms. The van der Waals surface area contributed by atoms with Crippen LogP contribution in [0.25, 0.3) is 0 Å². The molecule has 2 aromatic carbocycles. The molecule has 1 heterocycles. The number of amidine groups is 1. The van der Waals surface area contributed by atoms with Crippen molar-refractivity contribution in [3.05, 3.63) is 58.1 Å². The number of thioether (sulfide) groups is 1. The van der Waals surface area contributed by atoms with E-state index in [1.807, 2.05) is 31.2 Å². The average Bonchev–Trinajstić information content (AvgIpc) is 2.97. The molecule has 0 saturated heterocycles. The highest BCUT2D eigenvalue weighted by Crippen LogP contribution is 2.32. The van der Waals surface area contributed by atoms with Gasteiger partial charge in [-0.1, -0.05) is 54.0 Å². The molecule has 2 aromatic rings. The number of carbonyl (C=O) groups is 1. The molecule has 0 unspecified atom stereocenters.